The predicted octanol–water partition coefficient (Wildman–Crippen LogP) is 2.37. The third-order valence-electron chi connectivity index (χ3n) is 2.61. The molecule has 0 fully saturated rings. The number of carbonyl (C=O) groups is 1. The summed E-state index contributed by atoms with van der Waals surface area (Å²) >= 11 is 7.40. The van der Waals surface area contributed by atoms with Gasteiger partial charge in [-0.25, -0.2) is 0 Å². The van der Waals surface area contributed by atoms with E-state index >= 15 is 0 Å². The van der Waals surface area contributed by atoms with Crippen LogP contribution in [0.3, 0.4) is 0 Å². The number of nitrogens with two attached hydrogens (primary N) is 1. The molecule has 1 aromatic rings. The smallest absolute Gasteiger partial charge is 0.322 e. The maximum atomic E-state index is 11.1. The predicted molar refractivity (Wildman–Crippen MR) is 78.9 cm³/mol. The summed E-state index contributed by atoms with van der Waals surface area (Å²) in [4.78, 5) is 21.5. The molecule has 1 unspecified atom stereocenters. The Kier molecular flexibility index (Phi) is 6.77. The molecule has 1 atom stereocenters. The lowest BCUT2D eigenvalue weighted by Crippen LogP contribution is -2.31. The molecule has 0 aliphatic carbocycles. The van der Waals surface area contributed by atoms with E-state index in [1.54, 1.807) is 12.1 Å². The van der Waals surface area contributed by atoms with E-state index in [9.17, 15) is 14.9 Å². The quantitative estimate of drug-likeness (QED) is 0.359. The minimum Gasteiger partial charge on any atom is -0.468 e. The molecule has 0 aromatic heterocycles. The van der Waals surface area contributed by atoms with Crippen molar-refractivity contribution in [2.45, 2.75) is 18.2 Å². The zero-order valence-corrected chi connectivity index (χ0v) is 12.4. The summed E-state index contributed by atoms with van der Waals surface area (Å²) in [5, 5.41) is 11.3. The van der Waals surface area contributed by atoms with Crippen molar-refractivity contribution in [3.05, 3.63) is 38.9 Å². The van der Waals surface area contributed by atoms with E-state index in [4.69, 9.17) is 17.3 Å². The maximum absolute atomic E-state index is 11.1. The molecule has 110 valence electrons. The van der Waals surface area contributed by atoms with Crippen molar-refractivity contribution >= 4 is 35.0 Å². The molecule has 0 amide bonds. The fourth-order valence-corrected chi connectivity index (χ4v) is 2.90. The fraction of sp³-hybridized carbons (Fsp3) is 0.417. The highest BCUT2D eigenvalue weighted by Gasteiger charge is 2.17. The monoisotopic (exact) mass is 318 g/mol. The molecule has 0 radical (unpaired) electrons. The van der Waals surface area contributed by atoms with Crippen LogP contribution < -0.4 is 5.73 Å². The van der Waals surface area contributed by atoms with Crippen LogP contribution in [0.5, 0.6) is 0 Å². The molecule has 0 spiro atoms. The first-order valence-corrected chi connectivity index (χ1v) is 7.33. The van der Waals surface area contributed by atoms with E-state index < -0.39 is 16.9 Å². The van der Waals surface area contributed by atoms with E-state index in [-0.39, 0.29) is 5.69 Å². The highest BCUT2D eigenvalue weighted by Crippen LogP contribution is 2.30. The number of benzene rings is 1. The number of thioether (sulfide) groups is 1. The van der Waals surface area contributed by atoms with Gasteiger partial charge in [-0.05, 0) is 18.2 Å². The number of esters is 1. The van der Waals surface area contributed by atoms with Gasteiger partial charge < -0.3 is 10.5 Å². The number of hydrogen-bond donors (Lipinski definition) is 1. The number of ether oxygens (including phenoxy) is 1. The zero-order chi connectivity index (χ0) is 15.1. The third kappa shape index (κ3) is 4.66. The lowest BCUT2D eigenvalue weighted by molar-refractivity contribution is -0.385. The highest BCUT2D eigenvalue weighted by molar-refractivity contribution is 7.98. The van der Waals surface area contributed by atoms with Crippen LogP contribution in [0.15, 0.2) is 18.2 Å². The standard InChI is InChI=1S/C12H15ClN2O4S/c1-19-12(16)10(14)5-6-20-7-8-9(13)3-2-4-11(8)15(17)18/h2-4,10H,5-7,14H2,1H3. The molecule has 0 aliphatic rings. The lowest BCUT2D eigenvalue weighted by Gasteiger charge is -2.09. The van der Waals surface area contributed by atoms with Gasteiger partial charge >= 0.3 is 5.97 Å². The molecule has 1 aromatic carbocycles. The highest BCUT2D eigenvalue weighted by atomic mass is 35.5. The molecular formula is C12H15ClN2O4S. The summed E-state index contributed by atoms with van der Waals surface area (Å²) in [7, 11) is 1.28. The van der Waals surface area contributed by atoms with E-state index in [0.29, 0.717) is 28.5 Å². The minimum atomic E-state index is -0.672. The van der Waals surface area contributed by atoms with Gasteiger partial charge in [-0.3, -0.25) is 14.9 Å². The molecule has 6 nitrogen and oxygen atoms in total. The van der Waals surface area contributed by atoms with Crippen molar-refractivity contribution < 1.29 is 14.5 Å². The number of nitro groups is 1. The average molecular weight is 319 g/mol. The molecule has 1 rings (SSSR count). The van der Waals surface area contributed by atoms with Crippen LogP contribution in [0.2, 0.25) is 5.02 Å². The topological polar surface area (TPSA) is 95.5 Å². The van der Waals surface area contributed by atoms with Crippen molar-refractivity contribution in [3.63, 3.8) is 0 Å². The zero-order valence-electron chi connectivity index (χ0n) is 10.9. The van der Waals surface area contributed by atoms with Crippen molar-refractivity contribution in [1.29, 1.82) is 0 Å². The minimum absolute atomic E-state index is 0.00210. The van der Waals surface area contributed by atoms with Crippen LogP contribution in [-0.2, 0) is 15.3 Å². The van der Waals surface area contributed by atoms with Crippen molar-refractivity contribution in [2.24, 2.45) is 5.73 Å². The van der Waals surface area contributed by atoms with E-state index in [1.165, 1.54) is 24.9 Å². The Morgan fingerprint density at radius 1 is 1.60 bits per heavy atom. The summed E-state index contributed by atoms with van der Waals surface area (Å²) in [5.41, 5.74) is 6.08. The Morgan fingerprint density at radius 3 is 2.90 bits per heavy atom. The Hall–Kier alpha value is -1.31. The number of rotatable bonds is 7. The Labute approximate surface area is 125 Å². The van der Waals surface area contributed by atoms with E-state index in [2.05, 4.69) is 4.74 Å². The molecular weight excluding hydrogens is 304 g/mol. The molecule has 0 saturated heterocycles. The SMILES string of the molecule is COC(=O)C(N)CCSCc1c(Cl)cccc1[N+](=O)[O-]. The molecule has 0 bridgehead atoms. The molecule has 0 heterocycles. The third-order valence-corrected chi connectivity index (χ3v) is 3.99. The Morgan fingerprint density at radius 2 is 2.30 bits per heavy atom. The summed E-state index contributed by atoms with van der Waals surface area (Å²) in [5.74, 6) is 0.511. The second-order valence-corrected chi connectivity index (χ2v) is 5.48. The van der Waals surface area contributed by atoms with Gasteiger partial charge in [-0.2, -0.15) is 11.8 Å². The number of nitro benzene ring substituents is 1. The first kappa shape index (κ1) is 16.7. The normalized spacial score (nSPS) is 11.9. The van der Waals surface area contributed by atoms with Gasteiger partial charge in [0.2, 0.25) is 0 Å². The number of nitrogens with zero attached hydrogens (tertiary/aromatic N) is 1. The van der Waals surface area contributed by atoms with Crippen molar-refractivity contribution in [2.75, 3.05) is 12.9 Å². The van der Waals surface area contributed by atoms with Gasteiger partial charge in [0.15, 0.2) is 0 Å². The first-order valence-electron chi connectivity index (χ1n) is 5.80. The van der Waals surface area contributed by atoms with Crippen molar-refractivity contribution in [1.82, 2.24) is 0 Å². The summed E-state index contributed by atoms with van der Waals surface area (Å²) < 4.78 is 4.51. The molecule has 2 N–H and O–H groups in total. The molecule has 8 heteroatoms. The summed E-state index contributed by atoms with van der Waals surface area (Å²) in [6.07, 6.45) is 0.440. The van der Waals surface area contributed by atoms with Crippen molar-refractivity contribution in [3.8, 4) is 0 Å². The van der Waals surface area contributed by atoms with Crippen LogP contribution in [0.4, 0.5) is 5.69 Å². The first-order chi connectivity index (χ1) is 9.47. The second kappa shape index (κ2) is 8.08. The second-order valence-electron chi connectivity index (χ2n) is 3.97. The van der Waals surface area contributed by atoms with Crippen LogP contribution in [-0.4, -0.2) is 29.8 Å². The van der Waals surface area contributed by atoms with Crippen LogP contribution in [0, 0.1) is 10.1 Å². The average Bonchev–Trinajstić information content (AvgIpc) is 2.43. The Balaban J connectivity index is 2.54. The van der Waals surface area contributed by atoms with Gasteiger partial charge in [0.1, 0.15) is 6.04 Å². The molecule has 20 heavy (non-hydrogen) atoms. The number of carbonyl (C=O) groups excluding carboxylic acids is 1. The van der Waals surface area contributed by atoms with Gasteiger partial charge in [0, 0.05) is 11.8 Å². The van der Waals surface area contributed by atoms with Gasteiger partial charge in [-0.15, -0.1) is 0 Å². The molecule has 0 aliphatic heterocycles. The van der Waals surface area contributed by atoms with Crippen LogP contribution in [0.25, 0.3) is 0 Å². The van der Waals surface area contributed by atoms with Gasteiger partial charge in [0.05, 0.1) is 22.6 Å². The number of halogens is 1. The van der Waals surface area contributed by atoms with Crippen LogP contribution in [0.1, 0.15) is 12.0 Å². The number of hydrogen-bond acceptors (Lipinski definition) is 6. The molecule has 0 saturated carbocycles. The van der Waals surface area contributed by atoms with Gasteiger partial charge in [-0.1, -0.05) is 17.7 Å². The van der Waals surface area contributed by atoms with Crippen LogP contribution >= 0.6 is 23.4 Å². The summed E-state index contributed by atoms with van der Waals surface area (Å²) in [6, 6.07) is 3.91. The maximum Gasteiger partial charge on any atom is 0.322 e. The largest absolute Gasteiger partial charge is 0.468 e. The fourth-order valence-electron chi connectivity index (χ4n) is 1.51. The van der Waals surface area contributed by atoms with Gasteiger partial charge in [0.25, 0.3) is 5.69 Å². The van der Waals surface area contributed by atoms with E-state index in [0.717, 1.165) is 0 Å². The van der Waals surface area contributed by atoms with E-state index in [1.807, 2.05) is 0 Å². The summed E-state index contributed by atoms with van der Waals surface area (Å²) in [6.45, 7) is 0. The number of methoxy groups -OCH3 is 1. The Bertz CT molecular complexity index is 498. The lowest BCUT2D eigenvalue weighted by atomic mass is 10.2.